The minimum absolute atomic E-state index is 0.00160. The van der Waals surface area contributed by atoms with Crippen molar-refractivity contribution in [3.05, 3.63) is 12.2 Å². The zero-order valence-electron chi connectivity index (χ0n) is 11.0. The number of aliphatic hydroxyl groups excluding tert-OH is 1. The van der Waals surface area contributed by atoms with Crippen molar-refractivity contribution < 1.29 is 14.7 Å². The molecule has 3 aliphatic rings. The van der Waals surface area contributed by atoms with Gasteiger partial charge in [0, 0.05) is 0 Å². The summed E-state index contributed by atoms with van der Waals surface area (Å²) in [5.74, 6) is 0.0718. The topological polar surface area (TPSA) is 66.4 Å². The van der Waals surface area contributed by atoms with E-state index in [1.807, 2.05) is 6.08 Å². The number of allylic oxidation sites excluding steroid dienone is 1. The first-order valence-electron chi connectivity index (χ1n) is 7.05. The first-order valence-corrected chi connectivity index (χ1v) is 9.30. The van der Waals surface area contributed by atoms with Gasteiger partial charge in [0.2, 0.25) is 0 Å². The van der Waals surface area contributed by atoms with Gasteiger partial charge in [0.05, 0.1) is 0 Å². The molecule has 2 aliphatic heterocycles. The van der Waals surface area contributed by atoms with Gasteiger partial charge in [0.25, 0.3) is 0 Å². The van der Waals surface area contributed by atoms with Gasteiger partial charge in [-0.15, -0.1) is 0 Å². The molecule has 1 aliphatic carbocycles. The molecular formula is C14H18ClNO3Se. The number of aliphatic hydroxyl groups is 1. The van der Waals surface area contributed by atoms with Crippen molar-refractivity contribution >= 4 is 37.1 Å². The SMILES string of the molecule is O=C1[Se][C@@]2([C@@H](O)C3C=CCCC3)C(=O)N[C@H]2C1CCCl. The summed E-state index contributed by atoms with van der Waals surface area (Å²) in [5.41, 5.74) is 0. The molecule has 110 valence electrons. The molecule has 4 nitrogen and oxygen atoms in total. The molecule has 0 radical (unpaired) electrons. The molecule has 1 amide bonds. The maximum absolute atomic E-state index is 12.2. The Morgan fingerprint density at radius 3 is 2.95 bits per heavy atom. The van der Waals surface area contributed by atoms with Crippen LogP contribution < -0.4 is 5.32 Å². The van der Waals surface area contributed by atoms with E-state index in [-0.39, 0.29) is 28.5 Å². The van der Waals surface area contributed by atoms with Crippen LogP contribution in [-0.2, 0) is 9.59 Å². The third kappa shape index (κ3) is 1.98. The van der Waals surface area contributed by atoms with E-state index in [0.29, 0.717) is 12.3 Å². The molecule has 20 heavy (non-hydrogen) atoms. The third-order valence-corrected chi connectivity index (χ3v) is 8.05. The molecule has 3 rings (SSSR count). The standard InChI is InChI=1S/C14H18ClNO3Se/c15-7-6-9-10-14(13(19)16-10,20-12(9)18)11(17)8-4-2-1-3-5-8/h2,4,8-11,17H,1,3,5-7H2,(H,16,19)/t8?,9?,10-,11-,14-/m0/s1. The van der Waals surface area contributed by atoms with Gasteiger partial charge in [-0.3, -0.25) is 0 Å². The Bertz CT molecular complexity index is 469. The summed E-state index contributed by atoms with van der Waals surface area (Å²) in [5, 5.41) is 13.6. The van der Waals surface area contributed by atoms with Crippen LogP contribution in [0.15, 0.2) is 12.2 Å². The molecule has 0 aromatic heterocycles. The maximum atomic E-state index is 12.2. The van der Waals surface area contributed by atoms with Crippen LogP contribution >= 0.6 is 11.6 Å². The number of halogens is 1. The van der Waals surface area contributed by atoms with E-state index in [1.165, 1.54) is 0 Å². The Hall–Kier alpha value is -0.351. The number of carbonyl (C=O) groups excluding carboxylic acids is 2. The Balaban J connectivity index is 1.86. The number of hydrogen-bond acceptors (Lipinski definition) is 3. The van der Waals surface area contributed by atoms with E-state index in [2.05, 4.69) is 11.4 Å². The number of β-lactam (4-membered cyclic amide) rings is 1. The van der Waals surface area contributed by atoms with Gasteiger partial charge in [-0.2, -0.15) is 0 Å². The van der Waals surface area contributed by atoms with Crippen molar-refractivity contribution in [3.8, 4) is 0 Å². The number of amides is 1. The van der Waals surface area contributed by atoms with E-state index < -0.39 is 25.4 Å². The average molecular weight is 363 g/mol. The summed E-state index contributed by atoms with van der Waals surface area (Å²) < 4.78 is -0.715. The molecule has 2 fully saturated rings. The fraction of sp³-hybridized carbons (Fsp3) is 0.714. The quantitative estimate of drug-likeness (QED) is 0.337. The summed E-state index contributed by atoms with van der Waals surface area (Å²) in [6.07, 6.45) is 6.89. The normalized spacial score (nSPS) is 41.0. The first kappa shape index (κ1) is 14.6. The molecule has 6 heteroatoms. The van der Waals surface area contributed by atoms with Crippen molar-refractivity contribution in [2.45, 2.75) is 42.1 Å². The Morgan fingerprint density at radius 1 is 1.55 bits per heavy atom. The Kier molecular flexibility index (Phi) is 3.97. The van der Waals surface area contributed by atoms with E-state index in [9.17, 15) is 14.7 Å². The van der Waals surface area contributed by atoms with Crippen LogP contribution in [0.5, 0.6) is 0 Å². The van der Waals surface area contributed by atoms with Gasteiger partial charge < -0.3 is 0 Å². The van der Waals surface area contributed by atoms with Gasteiger partial charge in [-0.1, -0.05) is 0 Å². The van der Waals surface area contributed by atoms with Gasteiger partial charge in [0.15, 0.2) is 0 Å². The zero-order chi connectivity index (χ0) is 14.3. The fourth-order valence-corrected chi connectivity index (χ4v) is 6.97. The molecule has 0 bridgehead atoms. The van der Waals surface area contributed by atoms with Gasteiger partial charge in [0.1, 0.15) is 0 Å². The van der Waals surface area contributed by atoms with Crippen molar-refractivity contribution in [2.75, 3.05) is 5.88 Å². The third-order valence-electron chi connectivity index (χ3n) is 4.63. The van der Waals surface area contributed by atoms with Crippen LogP contribution in [0.1, 0.15) is 25.7 Å². The average Bonchev–Trinajstić information content (AvgIpc) is 2.69. The molecule has 2 unspecified atom stereocenters. The van der Waals surface area contributed by atoms with Crippen LogP contribution in [0.4, 0.5) is 0 Å². The van der Waals surface area contributed by atoms with E-state index in [1.54, 1.807) is 0 Å². The van der Waals surface area contributed by atoms with Crippen molar-refractivity contribution in [3.63, 3.8) is 0 Å². The van der Waals surface area contributed by atoms with Crippen molar-refractivity contribution in [1.82, 2.24) is 5.32 Å². The molecule has 0 aromatic rings. The van der Waals surface area contributed by atoms with Crippen LogP contribution in [0.3, 0.4) is 0 Å². The second-order valence-corrected chi connectivity index (χ2v) is 8.78. The summed E-state index contributed by atoms with van der Waals surface area (Å²) >= 11 is 5.28. The molecule has 0 spiro atoms. The number of nitrogens with one attached hydrogen (secondary N) is 1. The van der Waals surface area contributed by atoms with Gasteiger partial charge in [-0.05, 0) is 0 Å². The van der Waals surface area contributed by atoms with Crippen molar-refractivity contribution in [2.24, 2.45) is 11.8 Å². The summed E-state index contributed by atoms with van der Waals surface area (Å²) in [4.78, 5) is 24.4. The summed E-state index contributed by atoms with van der Waals surface area (Å²) in [7, 11) is 0. The van der Waals surface area contributed by atoms with Crippen LogP contribution in [0.25, 0.3) is 0 Å². The molecular weight excluding hydrogens is 345 g/mol. The van der Waals surface area contributed by atoms with Crippen LogP contribution in [0, 0.1) is 11.8 Å². The Labute approximate surface area is 129 Å². The molecule has 0 saturated carbocycles. The molecule has 0 aromatic carbocycles. The second kappa shape index (κ2) is 5.45. The van der Waals surface area contributed by atoms with E-state index in [0.717, 1.165) is 19.3 Å². The predicted octanol–water partition coefficient (Wildman–Crippen LogP) is 0.850. The van der Waals surface area contributed by atoms with E-state index in [4.69, 9.17) is 11.6 Å². The number of fused-ring (bicyclic) bond motifs is 1. The number of rotatable bonds is 4. The molecule has 5 atom stereocenters. The Morgan fingerprint density at radius 2 is 2.35 bits per heavy atom. The predicted molar refractivity (Wildman–Crippen MR) is 76.7 cm³/mol. The van der Waals surface area contributed by atoms with E-state index >= 15 is 0 Å². The zero-order valence-corrected chi connectivity index (χ0v) is 13.5. The molecule has 2 N–H and O–H groups in total. The number of carbonyl (C=O) groups is 2. The molecule has 2 heterocycles. The van der Waals surface area contributed by atoms with Gasteiger partial charge in [-0.25, -0.2) is 0 Å². The summed E-state index contributed by atoms with van der Waals surface area (Å²) in [6.45, 7) is 0. The fourth-order valence-electron chi connectivity index (χ4n) is 3.51. The first-order chi connectivity index (χ1) is 9.61. The van der Waals surface area contributed by atoms with Crippen LogP contribution in [0.2, 0.25) is 4.31 Å². The summed E-state index contributed by atoms with van der Waals surface area (Å²) in [6, 6.07) is -0.202. The van der Waals surface area contributed by atoms with Gasteiger partial charge >= 0.3 is 129 Å². The monoisotopic (exact) mass is 363 g/mol. The molecule has 2 saturated heterocycles. The minimum atomic E-state index is -0.840. The number of alkyl halides is 1. The number of hydrogen-bond donors (Lipinski definition) is 2. The van der Waals surface area contributed by atoms with Crippen LogP contribution in [-0.4, -0.2) is 48.7 Å². The van der Waals surface area contributed by atoms with Crippen molar-refractivity contribution in [1.29, 1.82) is 0 Å². The second-order valence-electron chi connectivity index (χ2n) is 5.72.